The van der Waals surface area contributed by atoms with Crippen molar-refractivity contribution in [2.45, 2.75) is 45.1 Å². The monoisotopic (exact) mass is 185 g/mol. The van der Waals surface area contributed by atoms with Crippen LogP contribution in [0.4, 0.5) is 0 Å². The van der Waals surface area contributed by atoms with Crippen molar-refractivity contribution < 1.29 is 9.90 Å². The molecule has 0 radical (unpaired) electrons. The van der Waals surface area contributed by atoms with Crippen LogP contribution in [0, 0.1) is 0 Å². The van der Waals surface area contributed by atoms with Gasteiger partial charge in [-0.05, 0) is 19.3 Å². The lowest BCUT2D eigenvalue weighted by atomic mass is 10.1. The van der Waals surface area contributed by atoms with E-state index in [4.69, 9.17) is 5.11 Å². The van der Waals surface area contributed by atoms with Gasteiger partial charge in [-0.15, -0.1) is 0 Å². The minimum absolute atomic E-state index is 0.0856. The second-order valence-electron chi connectivity index (χ2n) is 3.62. The molecule has 1 fully saturated rings. The quantitative estimate of drug-likeness (QED) is 0.716. The van der Waals surface area contributed by atoms with Crippen molar-refractivity contribution in [1.29, 1.82) is 0 Å². The highest BCUT2D eigenvalue weighted by atomic mass is 16.3. The molecule has 1 rings (SSSR count). The van der Waals surface area contributed by atoms with Crippen LogP contribution in [0.3, 0.4) is 0 Å². The summed E-state index contributed by atoms with van der Waals surface area (Å²) in [6, 6.07) is 0.363. The molecular formula is C10H19NO2. The Morgan fingerprint density at radius 2 is 2.31 bits per heavy atom. The van der Waals surface area contributed by atoms with Crippen molar-refractivity contribution in [1.82, 2.24) is 4.90 Å². The van der Waals surface area contributed by atoms with Crippen molar-refractivity contribution in [2.75, 3.05) is 13.2 Å². The number of carbonyl (C=O) groups excluding carboxylic acids is 1. The Labute approximate surface area is 79.7 Å². The molecule has 0 aromatic carbocycles. The Bertz CT molecular complexity index is 170. The Balaban J connectivity index is 2.60. The van der Waals surface area contributed by atoms with E-state index < -0.39 is 0 Å². The summed E-state index contributed by atoms with van der Waals surface area (Å²) in [6.07, 6.45) is 4.92. The summed E-state index contributed by atoms with van der Waals surface area (Å²) < 4.78 is 0. The first-order valence-corrected chi connectivity index (χ1v) is 5.20. The van der Waals surface area contributed by atoms with Gasteiger partial charge in [-0.2, -0.15) is 0 Å². The Morgan fingerprint density at radius 1 is 1.54 bits per heavy atom. The molecule has 0 aliphatic carbocycles. The van der Waals surface area contributed by atoms with Crippen molar-refractivity contribution in [2.24, 2.45) is 0 Å². The van der Waals surface area contributed by atoms with Crippen LogP contribution in [0.15, 0.2) is 0 Å². The Hall–Kier alpha value is -0.570. The molecule has 0 spiro atoms. The number of amides is 1. The van der Waals surface area contributed by atoms with Gasteiger partial charge in [0.1, 0.15) is 0 Å². The van der Waals surface area contributed by atoms with Gasteiger partial charge >= 0.3 is 0 Å². The first kappa shape index (κ1) is 10.5. The number of β-amino-alcohol motifs (C(OH)–C–C–N with tert-alkyl or cyclic N) is 1. The normalized spacial score (nSPS) is 24.6. The molecule has 1 heterocycles. The molecule has 0 aromatic rings. The smallest absolute Gasteiger partial charge is 0.222 e. The zero-order valence-electron chi connectivity index (χ0n) is 8.33. The van der Waals surface area contributed by atoms with Crippen molar-refractivity contribution in [3.05, 3.63) is 0 Å². The topological polar surface area (TPSA) is 40.5 Å². The molecule has 1 aliphatic heterocycles. The van der Waals surface area contributed by atoms with Gasteiger partial charge in [0, 0.05) is 19.0 Å². The summed E-state index contributed by atoms with van der Waals surface area (Å²) in [4.78, 5) is 13.4. The average Bonchev–Trinajstić information content (AvgIpc) is 2.30. The molecule has 0 saturated carbocycles. The van der Waals surface area contributed by atoms with E-state index in [1.807, 2.05) is 4.90 Å². The minimum atomic E-state index is 0.0856. The van der Waals surface area contributed by atoms with Gasteiger partial charge < -0.3 is 10.0 Å². The van der Waals surface area contributed by atoms with Crippen LogP contribution >= 0.6 is 0 Å². The largest absolute Gasteiger partial charge is 0.395 e. The first-order chi connectivity index (χ1) is 6.29. The third-order valence-corrected chi connectivity index (χ3v) is 2.75. The van der Waals surface area contributed by atoms with Gasteiger partial charge in [-0.1, -0.05) is 13.3 Å². The molecule has 3 heteroatoms. The highest BCUT2D eigenvalue weighted by Crippen LogP contribution is 2.19. The van der Waals surface area contributed by atoms with E-state index in [0.29, 0.717) is 19.0 Å². The highest BCUT2D eigenvalue weighted by Gasteiger charge is 2.23. The lowest BCUT2D eigenvalue weighted by molar-refractivity contribution is -0.133. The Kier molecular flexibility index (Phi) is 4.22. The van der Waals surface area contributed by atoms with E-state index >= 15 is 0 Å². The second-order valence-corrected chi connectivity index (χ2v) is 3.62. The van der Waals surface area contributed by atoms with Crippen LogP contribution in [0.5, 0.6) is 0 Å². The minimum Gasteiger partial charge on any atom is -0.395 e. The number of nitrogens with zero attached hydrogens (tertiary/aromatic N) is 1. The summed E-state index contributed by atoms with van der Waals surface area (Å²) in [7, 11) is 0. The first-order valence-electron chi connectivity index (χ1n) is 5.20. The maximum absolute atomic E-state index is 11.6. The van der Waals surface area contributed by atoms with Crippen molar-refractivity contribution in [3.8, 4) is 0 Å². The predicted molar refractivity (Wildman–Crippen MR) is 51.3 cm³/mol. The fraction of sp³-hybridized carbons (Fsp3) is 0.900. The molecule has 1 saturated heterocycles. The van der Waals surface area contributed by atoms with Gasteiger partial charge in [-0.3, -0.25) is 4.79 Å². The lowest BCUT2D eigenvalue weighted by Gasteiger charge is -2.28. The standard InChI is InChI=1S/C10H19NO2/c1-2-9-5-3-4-6-10(13)11(9)7-8-12/h9,12H,2-8H2,1H3. The lowest BCUT2D eigenvalue weighted by Crippen LogP contribution is -2.40. The summed E-state index contributed by atoms with van der Waals surface area (Å²) in [5.74, 6) is 0.221. The fourth-order valence-electron chi connectivity index (χ4n) is 2.00. The van der Waals surface area contributed by atoms with Gasteiger partial charge in [0.15, 0.2) is 0 Å². The average molecular weight is 185 g/mol. The number of hydrogen-bond donors (Lipinski definition) is 1. The van der Waals surface area contributed by atoms with Crippen LogP contribution in [-0.4, -0.2) is 35.1 Å². The van der Waals surface area contributed by atoms with Crippen LogP contribution in [0.25, 0.3) is 0 Å². The van der Waals surface area contributed by atoms with E-state index in [1.54, 1.807) is 0 Å². The Morgan fingerprint density at radius 3 is 2.92 bits per heavy atom. The van der Waals surface area contributed by atoms with Crippen LogP contribution < -0.4 is 0 Å². The van der Waals surface area contributed by atoms with Crippen LogP contribution in [-0.2, 0) is 4.79 Å². The van der Waals surface area contributed by atoms with E-state index in [-0.39, 0.29) is 12.5 Å². The van der Waals surface area contributed by atoms with E-state index in [1.165, 1.54) is 0 Å². The summed E-state index contributed by atoms with van der Waals surface area (Å²) in [5.41, 5.74) is 0. The second kappa shape index (κ2) is 5.22. The maximum Gasteiger partial charge on any atom is 0.222 e. The molecule has 0 bridgehead atoms. The molecule has 1 unspecified atom stereocenters. The number of carbonyl (C=O) groups is 1. The van der Waals surface area contributed by atoms with Gasteiger partial charge in [0.25, 0.3) is 0 Å². The fourth-order valence-corrected chi connectivity index (χ4v) is 2.00. The van der Waals surface area contributed by atoms with E-state index in [9.17, 15) is 4.79 Å². The third-order valence-electron chi connectivity index (χ3n) is 2.75. The highest BCUT2D eigenvalue weighted by molar-refractivity contribution is 5.76. The zero-order chi connectivity index (χ0) is 9.68. The van der Waals surface area contributed by atoms with Crippen LogP contribution in [0.1, 0.15) is 39.0 Å². The number of aliphatic hydroxyl groups excluding tert-OH is 1. The molecule has 76 valence electrons. The maximum atomic E-state index is 11.6. The molecule has 1 N–H and O–H groups in total. The van der Waals surface area contributed by atoms with Crippen molar-refractivity contribution >= 4 is 5.91 Å². The number of hydrogen-bond acceptors (Lipinski definition) is 2. The summed E-state index contributed by atoms with van der Waals surface area (Å²) in [5, 5.41) is 8.85. The van der Waals surface area contributed by atoms with Gasteiger partial charge in [-0.25, -0.2) is 0 Å². The van der Waals surface area contributed by atoms with Crippen molar-refractivity contribution in [3.63, 3.8) is 0 Å². The number of rotatable bonds is 3. The van der Waals surface area contributed by atoms with Gasteiger partial charge in [0.05, 0.1) is 6.61 Å². The molecule has 3 nitrogen and oxygen atoms in total. The molecular weight excluding hydrogens is 166 g/mol. The van der Waals surface area contributed by atoms with E-state index in [2.05, 4.69) is 6.92 Å². The molecule has 1 amide bonds. The van der Waals surface area contributed by atoms with E-state index in [0.717, 1.165) is 25.7 Å². The predicted octanol–water partition coefficient (Wildman–Crippen LogP) is 1.16. The summed E-state index contributed by atoms with van der Waals surface area (Å²) >= 11 is 0. The molecule has 13 heavy (non-hydrogen) atoms. The number of likely N-dealkylation sites (tertiary alicyclic amines) is 1. The molecule has 1 aliphatic rings. The number of aliphatic hydroxyl groups is 1. The summed E-state index contributed by atoms with van der Waals surface area (Å²) in [6.45, 7) is 2.70. The SMILES string of the molecule is CCC1CCCCC(=O)N1CCO. The molecule has 1 atom stereocenters. The van der Waals surface area contributed by atoms with Crippen LogP contribution in [0.2, 0.25) is 0 Å². The third kappa shape index (κ3) is 2.69. The van der Waals surface area contributed by atoms with Gasteiger partial charge in [0.2, 0.25) is 5.91 Å². The zero-order valence-corrected chi connectivity index (χ0v) is 8.33. The molecule has 0 aromatic heterocycles.